The molecule has 8 nitrogen and oxygen atoms in total. The third-order valence-corrected chi connectivity index (χ3v) is 5.90. The molecule has 2 amide bonds. The van der Waals surface area contributed by atoms with Crippen LogP contribution in [0, 0.1) is 0 Å². The Morgan fingerprint density at radius 3 is 2.62 bits per heavy atom. The monoisotopic (exact) mass is 399 g/mol. The van der Waals surface area contributed by atoms with Crippen LogP contribution in [0.5, 0.6) is 11.5 Å². The number of hydrogen-bond acceptors (Lipinski definition) is 5. The fourth-order valence-electron chi connectivity index (χ4n) is 3.98. The molecule has 1 aromatic carbocycles. The van der Waals surface area contributed by atoms with E-state index < -0.39 is 0 Å². The van der Waals surface area contributed by atoms with Crippen LogP contribution in [-0.2, 0) is 12.5 Å². The molecular formula is C21H29N5O3. The Bertz CT molecular complexity index is 871. The fourth-order valence-corrected chi connectivity index (χ4v) is 3.98. The largest absolute Gasteiger partial charge is 0.486 e. The number of urea groups is 1. The second-order valence-corrected chi connectivity index (χ2v) is 8.46. The van der Waals surface area contributed by atoms with Crippen LogP contribution in [0.2, 0.25) is 0 Å². The van der Waals surface area contributed by atoms with Crippen molar-refractivity contribution in [2.45, 2.75) is 38.0 Å². The normalized spacial score (nSPS) is 17.3. The maximum atomic E-state index is 12.7. The van der Waals surface area contributed by atoms with Gasteiger partial charge in [-0.2, -0.15) is 0 Å². The number of likely N-dealkylation sites (tertiary alicyclic amines) is 1. The van der Waals surface area contributed by atoms with Crippen LogP contribution >= 0.6 is 0 Å². The second kappa shape index (κ2) is 7.93. The standard InChI is InChI=1S/C21H29N5O3/c1-21(2,16-4-5-17-18(12-16)29-11-10-28-17)13-22-20(27)26-8-6-15(7-9-26)19-24-23-14-25(19)3/h4-5,12,14-15H,6-11,13H2,1-3H3,(H,22,27). The van der Waals surface area contributed by atoms with E-state index in [2.05, 4.69) is 29.4 Å². The molecule has 2 aliphatic rings. The summed E-state index contributed by atoms with van der Waals surface area (Å²) < 4.78 is 13.3. The third-order valence-electron chi connectivity index (χ3n) is 5.90. The molecule has 0 spiro atoms. The lowest BCUT2D eigenvalue weighted by molar-refractivity contribution is 0.171. The van der Waals surface area contributed by atoms with Gasteiger partial charge < -0.3 is 24.3 Å². The van der Waals surface area contributed by atoms with Crippen molar-refractivity contribution < 1.29 is 14.3 Å². The molecule has 1 saturated heterocycles. The van der Waals surface area contributed by atoms with Crippen LogP contribution in [0.4, 0.5) is 4.79 Å². The molecule has 8 heteroatoms. The average molecular weight is 399 g/mol. The Labute approximate surface area is 171 Å². The zero-order valence-corrected chi connectivity index (χ0v) is 17.4. The van der Waals surface area contributed by atoms with Gasteiger partial charge >= 0.3 is 6.03 Å². The highest BCUT2D eigenvalue weighted by Gasteiger charge is 2.28. The van der Waals surface area contributed by atoms with Crippen LogP contribution in [0.25, 0.3) is 0 Å². The molecule has 0 bridgehead atoms. The van der Waals surface area contributed by atoms with Crippen molar-refractivity contribution in [1.29, 1.82) is 0 Å². The molecule has 0 atom stereocenters. The molecule has 0 saturated carbocycles. The van der Waals surface area contributed by atoms with E-state index in [1.54, 1.807) is 6.33 Å². The third kappa shape index (κ3) is 4.16. The smallest absolute Gasteiger partial charge is 0.317 e. The highest BCUT2D eigenvalue weighted by molar-refractivity contribution is 5.74. The average Bonchev–Trinajstić information content (AvgIpc) is 3.17. The van der Waals surface area contributed by atoms with Crippen LogP contribution in [0.1, 0.15) is 44.0 Å². The summed E-state index contributed by atoms with van der Waals surface area (Å²) in [5.41, 5.74) is 0.894. The minimum absolute atomic E-state index is 0.00738. The Kier molecular flexibility index (Phi) is 5.34. The molecule has 1 N–H and O–H groups in total. The van der Waals surface area contributed by atoms with Crippen molar-refractivity contribution >= 4 is 6.03 Å². The lowest BCUT2D eigenvalue weighted by Crippen LogP contribution is -2.47. The van der Waals surface area contributed by atoms with Crippen LogP contribution in [-0.4, -0.2) is 58.5 Å². The van der Waals surface area contributed by atoms with Gasteiger partial charge in [-0.15, -0.1) is 10.2 Å². The molecular weight excluding hydrogens is 370 g/mol. The van der Waals surface area contributed by atoms with Crippen molar-refractivity contribution in [3.05, 3.63) is 35.9 Å². The van der Waals surface area contributed by atoms with Gasteiger partial charge in [-0.3, -0.25) is 0 Å². The van der Waals surface area contributed by atoms with E-state index in [1.165, 1.54) is 0 Å². The lowest BCUT2D eigenvalue weighted by Gasteiger charge is -2.33. The van der Waals surface area contributed by atoms with Gasteiger partial charge in [0, 0.05) is 38.0 Å². The second-order valence-electron chi connectivity index (χ2n) is 8.46. The first kappa shape index (κ1) is 19.5. The van der Waals surface area contributed by atoms with Gasteiger partial charge in [0.15, 0.2) is 11.5 Å². The first-order valence-electron chi connectivity index (χ1n) is 10.2. The number of aryl methyl sites for hydroxylation is 1. The number of fused-ring (bicyclic) bond motifs is 1. The van der Waals surface area contributed by atoms with Crippen molar-refractivity contribution in [3.8, 4) is 11.5 Å². The number of hydrogen-bond donors (Lipinski definition) is 1. The summed E-state index contributed by atoms with van der Waals surface area (Å²) in [5.74, 6) is 2.93. The molecule has 0 aliphatic carbocycles. The SMILES string of the molecule is Cn1cnnc1C1CCN(C(=O)NCC(C)(C)c2ccc3c(c2)OCCO3)CC1. The van der Waals surface area contributed by atoms with Gasteiger partial charge in [0.1, 0.15) is 25.4 Å². The summed E-state index contributed by atoms with van der Waals surface area (Å²) in [6.07, 6.45) is 3.55. The van der Waals surface area contributed by atoms with Gasteiger partial charge in [-0.1, -0.05) is 19.9 Å². The molecule has 3 heterocycles. The molecule has 4 rings (SSSR count). The summed E-state index contributed by atoms with van der Waals surface area (Å²) in [7, 11) is 1.97. The van der Waals surface area contributed by atoms with E-state index in [1.807, 2.05) is 34.7 Å². The quantitative estimate of drug-likeness (QED) is 0.854. The first-order valence-corrected chi connectivity index (χ1v) is 10.2. The predicted octanol–water partition coefficient (Wildman–Crippen LogP) is 2.45. The van der Waals surface area contributed by atoms with E-state index in [4.69, 9.17) is 9.47 Å². The number of carbonyl (C=O) groups excluding carboxylic acids is 1. The number of piperidine rings is 1. The van der Waals surface area contributed by atoms with Gasteiger partial charge in [0.05, 0.1) is 0 Å². The summed E-state index contributed by atoms with van der Waals surface area (Å²) in [6.45, 7) is 7.41. The Morgan fingerprint density at radius 2 is 1.93 bits per heavy atom. The highest BCUT2D eigenvalue weighted by Crippen LogP contribution is 2.35. The van der Waals surface area contributed by atoms with Gasteiger partial charge in [0.2, 0.25) is 0 Å². The van der Waals surface area contributed by atoms with Crippen molar-refractivity contribution in [3.63, 3.8) is 0 Å². The molecule has 1 fully saturated rings. The lowest BCUT2D eigenvalue weighted by atomic mass is 9.84. The number of carbonyl (C=O) groups is 1. The van der Waals surface area contributed by atoms with Crippen molar-refractivity contribution in [1.82, 2.24) is 25.0 Å². The van der Waals surface area contributed by atoms with E-state index in [-0.39, 0.29) is 11.4 Å². The fraction of sp³-hybridized carbons (Fsp3) is 0.571. The number of aromatic nitrogens is 3. The van der Waals surface area contributed by atoms with Crippen LogP contribution < -0.4 is 14.8 Å². The van der Waals surface area contributed by atoms with E-state index in [9.17, 15) is 4.79 Å². The molecule has 2 aromatic rings. The number of amides is 2. The van der Waals surface area contributed by atoms with E-state index >= 15 is 0 Å². The Balaban J connectivity index is 1.31. The number of ether oxygens (including phenoxy) is 2. The van der Waals surface area contributed by atoms with Gasteiger partial charge in [0.25, 0.3) is 0 Å². The topological polar surface area (TPSA) is 81.5 Å². The minimum Gasteiger partial charge on any atom is -0.486 e. The number of nitrogens with one attached hydrogen (secondary N) is 1. The molecule has 1 aromatic heterocycles. The molecule has 0 radical (unpaired) electrons. The summed E-state index contributed by atoms with van der Waals surface area (Å²) in [6, 6.07) is 6.01. The van der Waals surface area contributed by atoms with Gasteiger partial charge in [-0.05, 0) is 30.5 Å². The predicted molar refractivity (Wildman–Crippen MR) is 108 cm³/mol. The highest BCUT2D eigenvalue weighted by atomic mass is 16.6. The number of nitrogens with zero attached hydrogens (tertiary/aromatic N) is 4. The molecule has 0 unspecified atom stereocenters. The van der Waals surface area contributed by atoms with E-state index in [0.29, 0.717) is 25.7 Å². The number of rotatable bonds is 4. The summed E-state index contributed by atoms with van der Waals surface area (Å²) in [5, 5.41) is 11.3. The molecule has 29 heavy (non-hydrogen) atoms. The molecule has 2 aliphatic heterocycles. The van der Waals surface area contributed by atoms with Crippen molar-refractivity contribution in [2.24, 2.45) is 7.05 Å². The number of benzene rings is 1. The zero-order chi connectivity index (χ0) is 20.4. The Morgan fingerprint density at radius 1 is 1.21 bits per heavy atom. The minimum atomic E-state index is -0.220. The van der Waals surface area contributed by atoms with Crippen LogP contribution in [0.15, 0.2) is 24.5 Å². The Hall–Kier alpha value is -2.77. The van der Waals surface area contributed by atoms with Crippen LogP contribution in [0.3, 0.4) is 0 Å². The molecule has 156 valence electrons. The zero-order valence-electron chi connectivity index (χ0n) is 17.4. The maximum Gasteiger partial charge on any atom is 0.317 e. The van der Waals surface area contributed by atoms with Crippen molar-refractivity contribution in [2.75, 3.05) is 32.8 Å². The first-order chi connectivity index (χ1) is 13.9. The summed E-state index contributed by atoms with van der Waals surface area (Å²) >= 11 is 0. The summed E-state index contributed by atoms with van der Waals surface area (Å²) in [4.78, 5) is 14.6. The maximum absolute atomic E-state index is 12.7. The van der Waals surface area contributed by atoms with Gasteiger partial charge in [-0.25, -0.2) is 4.79 Å². The van der Waals surface area contributed by atoms with E-state index in [0.717, 1.165) is 48.8 Å².